The highest BCUT2D eigenvalue weighted by molar-refractivity contribution is 6.31. The molecule has 0 heterocycles. The molecule has 0 fully saturated rings. The number of hydrogen-bond acceptors (Lipinski definition) is 1. The van der Waals surface area contributed by atoms with Crippen LogP contribution in [0.2, 0.25) is 5.02 Å². The quantitative estimate of drug-likeness (QED) is 0.793. The van der Waals surface area contributed by atoms with E-state index in [4.69, 9.17) is 11.6 Å². The Morgan fingerprint density at radius 3 is 2.77 bits per heavy atom. The van der Waals surface area contributed by atoms with Gasteiger partial charge in [0.2, 0.25) is 0 Å². The molecule has 0 aliphatic heterocycles. The predicted molar refractivity (Wildman–Crippen MR) is 53.6 cm³/mol. The van der Waals surface area contributed by atoms with E-state index in [1.54, 1.807) is 12.1 Å². The van der Waals surface area contributed by atoms with Crippen molar-refractivity contribution < 1.29 is 4.39 Å². The highest BCUT2D eigenvalue weighted by Gasteiger charge is 2.09. The van der Waals surface area contributed by atoms with Crippen molar-refractivity contribution >= 4 is 11.6 Å². The summed E-state index contributed by atoms with van der Waals surface area (Å²) in [5.74, 6) is -0.227. The molecule has 1 N–H and O–H groups in total. The van der Waals surface area contributed by atoms with Crippen molar-refractivity contribution in [3.63, 3.8) is 0 Å². The first-order valence-electron chi connectivity index (χ1n) is 4.25. The van der Waals surface area contributed by atoms with E-state index in [1.807, 2.05) is 14.0 Å². The van der Waals surface area contributed by atoms with Crippen LogP contribution in [-0.4, -0.2) is 13.1 Å². The summed E-state index contributed by atoms with van der Waals surface area (Å²) in [4.78, 5) is 0. The predicted octanol–water partition coefficient (Wildman–Crippen LogP) is 2.63. The molecule has 1 atom stereocenters. The van der Waals surface area contributed by atoms with Gasteiger partial charge in [0.15, 0.2) is 0 Å². The van der Waals surface area contributed by atoms with Crippen LogP contribution in [0.3, 0.4) is 0 Å². The summed E-state index contributed by atoms with van der Waals surface area (Å²) in [6.45, 7) is 1.99. The lowest BCUT2D eigenvalue weighted by Crippen LogP contribution is -2.24. The second kappa shape index (κ2) is 4.58. The van der Waals surface area contributed by atoms with E-state index >= 15 is 0 Å². The Labute approximate surface area is 82.9 Å². The van der Waals surface area contributed by atoms with Gasteiger partial charge in [-0.1, -0.05) is 17.7 Å². The molecule has 0 aromatic heterocycles. The Morgan fingerprint density at radius 1 is 1.54 bits per heavy atom. The summed E-state index contributed by atoms with van der Waals surface area (Å²) < 4.78 is 13.2. The Kier molecular flexibility index (Phi) is 3.70. The summed E-state index contributed by atoms with van der Waals surface area (Å²) in [5.41, 5.74) is 0.589. The third-order valence-electron chi connectivity index (χ3n) is 2.06. The molecule has 3 heteroatoms. The van der Waals surface area contributed by atoms with Gasteiger partial charge in [0.1, 0.15) is 5.82 Å². The maximum atomic E-state index is 13.2. The molecule has 1 unspecified atom stereocenters. The highest BCUT2D eigenvalue weighted by atomic mass is 35.5. The van der Waals surface area contributed by atoms with Gasteiger partial charge in [-0.15, -0.1) is 0 Å². The zero-order valence-electron chi connectivity index (χ0n) is 7.77. The van der Waals surface area contributed by atoms with Crippen molar-refractivity contribution in [3.8, 4) is 0 Å². The van der Waals surface area contributed by atoms with Crippen LogP contribution in [0.25, 0.3) is 0 Å². The molecule has 1 nitrogen and oxygen atoms in total. The number of likely N-dealkylation sites (N-methyl/N-ethyl adjacent to an activating group) is 1. The average Bonchev–Trinajstić information content (AvgIpc) is 2.11. The van der Waals surface area contributed by atoms with Gasteiger partial charge in [-0.2, -0.15) is 0 Å². The fourth-order valence-electron chi connectivity index (χ4n) is 1.14. The van der Waals surface area contributed by atoms with Gasteiger partial charge in [0.25, 0.3) is 0 Å². The molecular formula is C10H13ClFN. The second-order valence-corrected chi connectivity index (χ2v) is 3.50. The molecule has 0 bridgehead atoms. The largest absolute Gasteiger partial charge is 0.317 e. The van der Waals surface area contributed by atoms with E-state index in [-0.39, 0.29) is 11.9 Å². The Morgan fingerprint density at radius 2 is 2.23 bits per heavy atom. The van der Waals surface area contributed by atoms with Crippen LogP contribution < -0.4 is 5.32 Å². The van der Waals surface area contributed by atoms with E-state index in [1.165, 1.54) is 6.07 Å². The molecule has 0 saturated carbocycles. The number of hydrogen-bond donors (Lipinski definition) is 1. The van der Waals surface area contributed by atoms with Crippen LogP contribution >= 0.6 is 11.6 Å². The number of rotatable bonds is 3. The molecule has 13 heavy (non-hydrogen) atoms. The van der Waals surface area contributed by atoms with Crippen molar-refractivity contribution in [2.24, 2.45) is 0 Å². The van der Waals surface area contributed by atoms with E-state index in [0.29, 0.717) is 17.0 Å². The monoisotopic (exact) mass is 201 g/mol. The minimum absolute atomic E-state index is 0.227. The molecule has 1 aromatic carbocycles. The van der Waals surface area contributed by atoms with E-state index in [9.17, 15) is 4.39 Å². The lowest BCUT2D eigenvalue weighted by Gasteiger charge is -2.11. The maximum absolute atomic E-state index is 13.2. The molecule has 0 radical (unpaired) electrons. The SMILES string of the molecule is CNC(C)Cc1c(F)cccc1Cl. The summed E-state index contributed by atoms with van der Waals surface area (Å²) in [6, 6.07) is 4.99. The molecule has 1 aromatic rings. The molecule has 0 saturated heterocycles. The summed E-state index contributed by atoms with van der Waals surface area (Å²) >= 11 is 5.86. The van der Waals surface area contributed by atoms with Crippen LogP contribution in [0.5, 0.6) is 0 Å². The van der Waals surface area contributed by atoms with Crippen LogP contribution in [-0.2, 0) is 6.42 Å². The Hall–Kier alpha value is -0.600. The average molecular weight is 202 g/mol. The first-order valence-corrected chi connectivity index (χ1v) is 4.63. The molecule has 1 rings (SSSR count). The minimum atomic E-state index is -0.227. The molecule has 0 spiro atoms. The van der Waals surface area contributed by atoms with E-state index < -0.39 is 0 Å². The van der Waals surface area contributed by atoms with Crippen molar-refractivity contribution in [1.82, 2.24) is 5.32 Å². The molecule has 72 valence electrons. The smallest absolute Gasteiger partial charge is 0.127 e. The van der Waals surface area contributed by atoms with Crippen molar-refractivity contribution in [2.75, 3.05) is 7.05 Å². The van der Waals surface area contributed by atoms with Crippen molar-refractivity contribution in [3.05, 3.63) is 34.6 Å². The fraction of sp³-hybridized carbons (Fsp3) is 0.400. The zero-order valence-corrected chi connectivity index (χ0v) is 8.53. The molecule has 0 aliphatic rings. The van der Waals surface area contributed by atoms with Crippen molar-refractivity contribution in [1.29, 1.82) is 0 Å². The van der Waals surface area contributed by atoms with Gasteiger partial charge in [-0.05, 0) is 32.5 Å². The lowest BCUT2D eigenvalue weighted by atomic mass is 10.1. The summed E-state index contributed by atoms with van der Waals surface area (Å²) in [6.07, 6.45) is 0.613. The Balaban J connectivity index is 2.87. The van der Waals surface area contributed by atoms with Crippen molar-refractivity contribution in [2.45, 2.75) is 19.4 Å². The summed E-state index contributed by atoms with van der Waals surface area (Å²) in [7, 11) is 1.85. The first kappa shape index (κ1) is 10.5. The standard InChI is InChI=1S/C10H13ClFN/c1-7(13-2)6-8-9(11)4-3-5-10(8)12/h3-5,7,13H,6H2,1-2H3. The van der Waals surface area contributed by atoms with Crippen LogP contribution in [0, 0.1) is 5.82 Å². The van der Waals surface area contributed by atoms with Gasteiger partial charge in [0.05, 0.1) is 0 Å². The first-order chi connectivity index (χ1) is 6.15. The molecular weight excluding hydrogens is 189 g/mol. The van der Waals surface area contributed by atoms with Gasteiger partial charge in [-0.25, -0.2) is 4.39 Å². The van der Waals surface area contributed by atoms with E-state index in [2.05, 4.69) is 5.32 Å². The van der Waals surface area contributed by atoms with Gasteiger partial charge < -0.3 is 5.32 Å². The number of nitrogens with one attached hydrogen (secondary N) is 1. The Bertz CT molecular complexity index is 268. The van der Waals surface area contributed by atoms with Gasteiger partial charge >= 0.3 is 0 Å². The second-order valence-electron chi connectivity index (χ2n) is 3.09. The molecule has 0 aliphatic carbocycles. The van der Waals surface area contributed by atoms with Crippen LogP contribution in [0.4, 0.5) is 4.39 Å². The lowest BCUT2D eigenvalue weighted by molar-refractivity contribution is 0.564. The number of halogens is 2. The summed E-state index contributed by atoms with van der Waals surface area (Å²) in [5, 5.41) is 3.54. The van der Waals surface area contributed by atoms with Gasteiger partial charge in [0, 0.05) is 16.6 Å². The highest BCUT2D eigenvalue weighted by Crippen LogP contribution is 2.20. The van der Waals surface area contributed by atoms with E-state index in [0.717, 1.165) is 0 Å². The zero-order chi connectivity index (χ0) is 9.84. The normalized spacial score (nSPS) is 12.9. The van der Waals surface area contributed by atoms with Gasteiger partial charge in [-0.3, -0.25) is 0 Å². The maximum Gasteiger partial charge on any atom is 0.127 e. The minimum Gasteiger partial charge on any atom is -0.317 e. The number of benzene rings is 1. The van der Waals surface area contributed by atoms with Crippen LogP contribution in [0.15, 0.2) is 18.2 Å². The third kappa shape index (κ3) is 2.68. The van der Waals surface area contributed by atoms with Crippen LogP contribution in [0.1, 0.15) is 12.5 Å². The molecule has 0 amide bonds. The fourth-order valence-corrected chi connectivity index (χ4v) is 1.38. The topological polar surface area (TPSA) is 12.0 Å². The third-order valence-corrected chi connectivity index (χ3v) is 2.42.